The number of piperidine rings is 1. The van der Waals surface area contributed by atoms with Crippen molar-refractivity contribution in [3.05, 3.63) is 0 Å². The van der Waals surface area contributed by atoms with Gasteiger partial charge in [0.25, 0.3) is 0 Å². The molecule has 0 aromatic heterocycles. The zero-order chi connectivity index (χ0) is 14.2. The van der Waals surface area contributed by atoms with Crippen LogP contribution in [-0.2, 0) is 9.59 Å². The maximum absolute atomic E-state index is 12.5. The lowest BCUT2D eigenvalue weighted by Gasteiger charge is -2.35. The van der Waals surface area contributed by atoms with Gasteiger partial charge in [0.05, 0.1) is 0 Å². The minimum absolute atomic E-state index is 0. The first-order valence-corrected chi connectivity index (χ1v) is 7.91. The van der Waals surface area contributed by atoms with Crippen molar-refractivity contribution in [3.63, 3.8) is 0 Å². The van der Waals surface area contributed by atoms with Gasteiger partial charge in [-0.2, -0.15) is 0 Å². The molecule has 4 N–H and O–H groups in total. The van der Waals surface area contributed by atoms with E-state index in [0.717, 1.165) is 51.6 Å². The number of hydrogen-bond acceptors (Lipinski definition) is 3. The molecule has 0 aromatic rings. The van der Waals surface area contributed by atoms with Crippen molar-refractivity contribution in [2.45, 2.75) is 56.9 Å². The molecule has 1 aliphatic heterocycles. The topological polar surface area (TPSA) is 84.2 Å². The number of halogens is 1. The summed E-state index contributed by atoms with van der Waals surface area (Å²) in [5.41, 5.74) is 5.02. The maximum atomic E-state index is 12.5. The van der Waals surface area contributed by atoms with E-state index < -0.39 is 5.54 Å². The fourth-order valence-electron chi connectivity index (χ4n) is 4.11. The second-order valence-electron chi connectivity index (χ2n) is 6.87. The molecule has 3 fully saturated rings. The molecule has 2 saturated carbocycles. The van der Waals surface area contributed by atoms with E-state index in [0.29, 0.717) is 12.8 Å². The standard InChI is InChI=1S/C15H25N3O2.ClH/c16-13(20)15(4-2-1-3-5-15)18-12(19)11-10-14(11)6-8-17-9-7-14;/h11,17H,1-10H2,(H2,16,20)(H,18,19);1H. The Bertz CT molecular complexity index is 415. The van der Waals surface area contributed by atoms with Crippen LogP contribution in [0.5, 0.6) is 0 Å². The number of hydrogen-bond donors (Lipinski definition) is 3. The van der Waals surface area contributed by atoms with Crippen LogP contribution in [0.4, 0.5) is 0 Å². The fraction of sp³-hybridized carbons (Fsp3) is 0.867. The van der Waals surface area contributed by atoms with Crippen LogP contribution in [0.15, 0.2) is 0 Å². The van der Waals surface area contributed by atoms with Crippen molar-refractivity contribution >= 4 is 24.2 Å². The van der Waals surface area contributed by atoms with Gasteiger partial charge in [0, 0.05) is 5.92 Å². The zero-order valence-corrected chi connectivity index (χ0v) is 13.3. The third-order valence-electron chi connectivity index (χ3n) is 5.65. The Morgan fingerprint density at radius 1 is 1.05 bits per heavy atom. The van der Waals surface area contributed by atoms with E-state index in [1.54, 1.807) is 0 Å². The van der Waals surface area contributed by atoms with Crippen molar-refractivity contribution in [1.82, 2.24) is 10.6 Å². The van der Waals surface area contributed by atoms with Crippen LogP contribution in [0.2, 0.25) is 0 Å². The fourth-order valence-corrected chi connectivity index (χ4v) is 4.11. The molecule has 0 radical (unpaired) electrons. The number of amides is 2. The monoisotopic (exact) mass is 315 g/mol. The largest absolute Gasteiger partial charge is 0.368 e. The summed E-state index contributed by atoms with van der Waals surface area (Å²) in [5, 5.41) is 6.37. The van der Waals surface area contributed by atoms with Gasteiger partial charge in [-0.15, -0.1) is 12.4 Å². The van der Waals surface area contributed by atoms with Gasteiger partial charge in [0.1, 0.15) is 5.54 Å². The number of rotatable bonds is 3. The molecule has 1 saturated heterocycles. The van der Waals surface area contributed by atoms with E-state index in [4.69, 9.17) is 5.73 Å². The van der Waals surface area contributed by atoms with E-state index >= 15 is 0 Å². The van der Waals surface area contributed by atoms with Gasteiger partial charge in [0.2, 0.25) is 11.8 Å². The highest BCUT2D eigenvalue weighted by molar-refractivity contribution is 5.92. The van der Waals surface area contributed by atoms with Gasteiger partial charge in [-0.05, 0) is 50.6 Å². The SMILES string of the molecule is Cl.NC(=O)C1(NC(=O)C2CC23CCNCC3)CCCCC1. The quantitative estimate of drug-likeness (QED) is 0.729. The Kier molecular flexibility index (Phi) is 4.83. The number of primary amides is 1. The molecule has 1 spiro atoms. The Balaban J connectivity index is 0.00000161. The summed E-state index contributed by atoms with van der Waals surface area (Å²) < 4.78 is 0. The summed E-state index contributed by atoms with van der Waals surface area (Å²) in [5.74, 6) is -0.194. The number of carbonyl (C=O) groups excluding carboxylic acids is 2. The smallest absolute Gasteiger partial charge is 0.243 e. The van der Waals surface area contributed by atoms with Gasteiger partial charge < -0.3 is 16.4 Å². The normalized spacial score (nSPS) is 29.2. The van der Waals surface area contributed by atoms with Crippen molar-refractivity contribution in [2.24, 2.45) is 17.1 Å². The lowest BCUT2D eigenvalue weighted by atomic mass is 9.80. The Hall–Kier alpha value is -0.810. The van der Waals surface area contributed by atoms with Crippen molar-refractivity contribution in [3.8, 4) is 0 Å². The van der Waals surface area contributed by atoms with E-state index in [1.165, 1.54) is 0 Å². The highest BCUT2D eigenvalue weighted by Gasteiger charge is 2.58. The van der Waals surface area contributed by atoms with Gasteiger partial charge in [-0.3, -0.25) is 9.59 Å². The summed E-state index contributed by atoms with van der Waals surface area (Å²) >= 11 is 0. The van der Waals surface area contributed by atoms with Crippen LogP contribution in [-0.4, -0.2) is 30.4 Å². The molecule has 1 unspecified atom stereocenters. The molecule has 1 atom stereocenters. The lowest BCUT2D eigenvalue weighted by Crippen LogP contribution is -2.59. The molecule has 5 nitrogen and oxygen atoms in total. The van der Waals surface area contributed by atoms with Gasteiger partial charge >= 0.3 is 0 Å². The molecule has 2 aliphatic carbocycles. The third-order valence-corrected chi connectivity index (χ3v) is 5.65. The molecule has 2 amide bonds. The van der Waals surface area contributed by atoms with Crippen LogP contribution < -0.4 is 16.4 Å². The second-order valence-corrected chi connectivity index (χ2v) is 6.87. The summed E-state index contributed by atoms with van der Waals surface area (Å²) in [6.45, 7) is 2.01. The Labute approximate surface area is 132 Å². The summed E-state index contributed by atoms with van der Waals surface area (Å²) in [7, 11) is 0. The second kappa shape index (κ2) is 6.13. The maximum Gasteiger partial charge on any atom is 0.243 e. The number of nitrogens with one attached hydrogen (secondary N) is 2. The predicted octanol–water partition coefficient (Wildman–Crippen LogP) is 1.10. The molecule has 21 heavy (non-hydrogen) atoms. The van der Waals surface area contributed by atoms with E-state index in [2.05, 4.69) is 10.6 Å². The molecule has 0 aromatic carbocycles. The molecule has 6 heteroatoms. The van der Waals surface area contributed by atoms with E-state index in [1.807, 2.05) is 0 Å². The predicted molar refractivity (Wildman–Crippen MR) is 83.0 cm³/mol. The first kappa shape index (κ1) is 16.6. The van der Waals surface area contributed by atoms with E-state index in [-0.39, 0.29) is 35.6 Å². The number of nitrogens with two attached hydrogens (primary N) is 1. The first-order chi connectivity index (χ1) is 9.58. The van der Waals surface area contributed by atoms with Crippen LogP contribution >= 0.6 is 12.4 Å². The Morgan fingerprint density at radius 3 is 2.24 bits per heavy atom. The summed E-state index contributed by atoms with van der Waals surface area (Å²) in [6.07, 6.45) is 7.62. The first-order valence-electron chi connectivity index (χ1n) is 7.91. The van der Waals surface area contributed by atoms with Crippen LogP contribution in [0, 0.1) is 11.3 Å². The molecular formula is C15H26ClN3O2. The lowest BCUT2D eigenvalue weighted by molar-refractivity contribution is -0.134. The number of carbonyl (C=O) groups is 2. The highest BCUT2D eigenvalue weighted by Crippen LogP contribution is 2.58. The van der Waals surface area contributed by atoms with E-state index in [9.17, 15) is 9.59 Å². The van der Waals surface area contributed by atoms with Crippen molar-refractivity contribution in [2.75, 3.05) is 13.1 Å². The minimum atomic E-state index is -0.772. The summed E-state index contributed by atoms with van der Waals surface area (Å²) in [6, 6.07) is 0. The Morgan fingerprint density at radius 2 is 1.67 bits per heavy atom. The van der Waals surface area contributed by atoms with Crippen LogP contribution in [0.3, 0.4) is 0 Å². The summed E-state index contributed by atoms with van der Waals surface area (Å²) in [4.78, 5) is 24.3. The van der Waals surface area contributed by atoms with Gasteiger partial charge in [-0.25, -0.2) is 0 Å². The molecular weight excluding hydrogens is 290 g/mol. The minimum Gasteiger partial charge on any atom is -0.368 e. The molecule has 3 rings (SSSR count). The van der Waals surface area contributed by atoms with Crippen LogP contribution in [0.25, 0.3) is 0 Å². The molecule has 120 valence electrons. The molecule has 0 bridgehead atoms. The molecule has 3 aliphatic rings. The zero-order valence-electron chi connectivity index (χ0n) is 12.5. The van der Waals surface area contributed by atoms with Crippen LogP contribution in [0.1, 0.15) is 51.4 Å². The van der Waals surface area contributed by atoms with Gasteiger partial charge in [-0.1, -0.05) is 19.3 Å². The third kappa shape index (κ3) is 3.04. The highest BCUT2D eigenvalue weighted by atomic mass is 35.5. The van der Waals surface area contributed by atoms with Gasteiger partial charge in [0.15, 0.2) is 0 Å². The average Bonchev–Trinajstić information content (AvgIpc) is 3.14. The molecule has 1 heterocycles. The van der Waals surface area contributed by atoms with Crippen molar-refractivity contribution in [1.29, 1.82) is 0 Å². The van der Waals surface area contributed by atoms with Crippen molar-refractivity contribution < 1.29 is 9.59 Å². The average molecular weight is 316 g/mol.